The molecule has 0 aliphatic heterocycles. The van der Waals surface area contributed by atoms with Crippen LogP contribution in [0.4, 0.5) is 5.82 Å². The summed E-state index contributed by atoms with van der Waals surface area (Å²) in [6.45, 7) is 5.23. The molecule has 1 N–H and O–H groups in total. The SMILES string of the molecule is Cc1ccccc1OCCNc1ncnc(C)c1Br. The molecule has 5 heteroatoms. The van der Waals surface area contributed by atoms with Crippen molar-refractivity contribution in [2.45, 2.75) is 13.8 Å². The average Bonchev–Trinajstić information content (AvgIpc) is 2.41. The predicted octanol–water partition coefficient (Wildman–Crippen LogP) is 3.35. The van der Waals surface area contributed by atoms with Gasteiger partial charge in [-0.25, -0.2) is 9.97 Å². The minimum absolute atomic E-state index is 0.584. The number of para-hydroxylation sites is 1. The first-order valence-electron chi connectivity index (χ1n) is 6.08. The fourth-order valence-corrected chi connectivity index (χ4v) is 1.97. The normalized spacial score (nSPS) is 10.3. The van der Waals surface area contributed by atoms with E-state index in [2.05, 4.69) is 31.2 Å². The van der Waals surface area contributed by atoms with Gasteiger partial charge in [0.15, 0.2) is 0 Å². The van der Waals surface area contributed by atoms with Gasteiger partial charge in [0.1, 0.15) is 24.5 Å². The lowest BCUT2D eigenvalue weighted by molar-refractivity contribution is 0.330. The Labute approximate surface area is 121 Å². The molecule has 0 saturated heterocycles. The molecule has 0 spiro atoms. The van der Waals surface area contributed by atoms with Crippen LogP contribution in [0.3, 0.4) is 0 Å². The van der Waals surface area contributed by atoms with Gasteiger partial charge in [0.2, 0.25) is 0 Å². The van der Waals surface area contributed by atoms with Crippen LogP contribution in [-0.2, 0) is 0 Å². The highest BCUT2D eigenvalue weighted by atomic mass is 79.9. The summed E-state index contributed by atoms with van der Waals surface area (Å²) in [6.07, 6.45) is 1.55. The summed E-state index contributed by atoms with van der Waals surface area (Å²) in [5.74, 6) is 1.71. The first kappa shape index (κ1) is 13.8. The number of anilines is 1. The number of hydrogen-bond acceptors (Lipinski definition) is 4. The molecule has 0 amide bonds. The van der Waals surface area contributed by atoms with Gasteiger partial charge in [-0.3, -0.25) is 0 Å². The Morgan fingerprint density at radius 2 is 2.00 bits per heavy atom. The van der Waals surface area contributed by atoms with E-state index in [1.165, 1.54) is 0 Å². The molecule has 1 heterocycles. The Balaban J connectivity index is 1.84. The van der Waals surface area contributed by atoms with Crippen molar-refractivity contribution in [1.82, 2.24) is 9.97 Å². The second-order valence-electron chi connectivity index (χ2n) is 4.16. The molecule has 0 radical (unpaired) electrons. The Morgan fingerprint density at radius 3 is 2.79 bits per heavy atom. The molecule has 1 aromatic carbocycles. The third kappa shape index (κ3) is 3.67. The van der Waals surface area contributed by atoms with Gasteiger partial charge in [-0.2, -0.15) is 0 Å². The fourth-order valence-electron chi connectivity index (χ4n) is 1.63. The van der Waals surface area contributed by atoms with Crippen LogP contribution in [0.15, 0.2) is 35.1 Å². The minimum atomic E-state index is 0.584. The Hall–Kier alpha value is -1.62. The van der Waals surface area contributed by atoms with E-state index in [1.807, 2.05) is 38.1 Å². The van der Waals surface area contributed by atoms with Crippen LogP contribution in [0.5, 0.6) is 5.75 Å². The van der Waals surface area contributed by atoms with E-state index in [4.69, 9.17) is 4.74 Å². The molecule has 0 atom stereocenters. The minimum Gasteiger partial charge on any atom is -0.491 e. The number of hydrogen-bond donors (Lipinski definition) is 1. The summed E-state index contributed by atoms with van der Waals surface area (Å²) < 4.78 is 6.60. The van der Waals surface area contributed by atoms with E-state index in [0.29, 0.717) is 13.2 Å². The number of ether oxygens (including phenoxy) is 1. The molecule has 0 fully saturated rings. The Bertz CT molecular complexity index is 560. The molecule has 2 rings (SSSR count). The molecule has 0 aliphatic carbocycles. The zero-order valence-corrected chi connectivity index (χ0v) is 12.6. The Kier molecular flexibility index (Phi) is 4.74. The van der Waals surface area contributed by atoms with Crippen molar-refractivity contribution in [3.05, 3.63) is 46.3 Å². The fraction of sp³-hybridized carbons (Fsp3) is 0.286. The third-order valence-corrected chi connectivity index (χ3v) is 3.66. The van der Waals surface area contributed by atoms with Gasteiger partial charge in [-0.15, -0.1) is 0 Å². The molecule has 1 aromatic heterocycles. The van der Waals surface area contributed by atoms with E-state index in [0.717, 1.165) is 27.3 Å². The zero-order valence-electron chi connectivity index (χ0n) is 11.0. The average molecular weight is 322 g/mol. The van der Waals surface area contributed by atoms with Crippen LogP contribution in [0.25, 0.3) is 0 Å². The van der Waals surface area contributed by atoms with Crippen molar-refractivity contribution in [2.24, 2.45) is 0 Å². The van der Waals surface area contributed by atoms with Gasteiger partial charge in [-0.05, 0) is 41.4 Å². The van der Waals surface area contributed by atoms with E-state index < -0.39 is 0 Å². The standard InChI is InChI=1S/C14H16BrN3O/c1-10-5-3-4-6-12(10)19-8-7-16-14-13(15)11(2)17-9-18-14/h3-6,9H,7-8H2,1-2H3,(H,16,17,18). The van der Waals surface area contributed by atoms with Crippen molar-refractivity contribution in [3.63, 3.8) is 0 Å². The van der Waals surface area contributed by atoms with Crippen LogP contribution in [-0.4, -0.2) is 23.1 Å². The summed E-state index contributed by atoms with van der Waals surface area (Å²) in [5.41, 5.74) is 2.05. The maximum atomic E-state index is 5.71. The number of halogens is 1. The summed E-state index contributed by atoms with van der Waals surface area (Å²) in [4.78, 5) is 8.27. The first-order valence-corrected chi connectivity index (χ1v) is 6.87. The lowest BCUT2D eigenvalue weighted by Gasteiger charge is -2.11. The molecular weight excluding hydrogens is 306 g/mol. The van der Waals surface area contributed by atoms with Gasteiger partial charge in [-0.1, -0.05) is 18.2 Å². The molecule has 2 aromatic rings. The number of benzene rings is 1. The smallest absolute Gasteiger partial charge is 0.144 e. The summed E-state index contributed by atoms with van der Waals surface area (Å²) in [6, 6.07) is 7.98. The molecule has 0 unspecified atom stereocenters. The largest absolute Gasteiger partial charge is 0.491 e. The quantitative estimate of drug-likeness (QED) is 0.858. The van der Waals surface area contributed by atoms with Gasteiger partial charge in [0, 0.05) is 0 Å². The molecule has 4 nitrogen and oxygen atoms in total. The van der Waals surface area contributed by atoms with Crippen molar-refractivity contribution in [2.75, 3.05) is 18.5 Å². The molecule has 0 saturated carbocycles. The number of nitrogens with one attached hydrogen (secondary N) is 1. The lowest BCUT2D eigenvalue weighted by atomic mass is 10.2. The molecule has 100 valence electrons. The maximum absolute atomic E-state index is 5.71. The molecule has 0 aliphatic rings. The van der Waals surface area contributed by atoms with Gasteiger partial charge >= 0.3 is 0 Å². The number of nitrogens with zero attached hydrogens (tertiary/aromatic N) is 2. The number of rotatable bonds is 5. The highest BCUT2D eigenvalue weighted by Gasteiger charge is 2.04. The van der Waals surface area contributed by atoms with Crippen LogP contribution in [0.1, 0.15) is 11.3 Å². The van der Waals surface area contributed by atoms with Crippen molar-refractivity contribution < 1.29 is 4.74 Å². The van der Waals surface area contributed by atoms with Crippen molar-refractivity contribution in [3.8, 4) is 5.75 Å². The van der Waals surface area contributed by atoms with E-state index in [-0.39, 0.29) is 0 Å². The van der Waals surface area contributed by atoms with Crippen molar-refractivity contribution in [1.29, 1.82) is 0 Å². The number of aromatic nitrogens is 2. The van der Waals surface area contributed by atoms with E-state index >= 15 is 0 Å². The summed E-state index contributed by atoms with van der Waals surface area (Å²) in [7, 11) is 0. The summed E-state index contributed by atoms with van der Waals surface area (Å²) in [5, 5.41) is 3.22. The van der Waals surface area contributed by atoms with Crippen molar-refractivity contribution >= 4 is 21.7 Å². The lowest BCUT2D eigenvalue weighted by Crippen LogP contribution is -2.13. The van der Waals surface area contributed by atoms with Gasteiger partial charge in [0.05, 0.1) is 16.7 Å². The van der Waals surface area contributed by atoms with E-state index in [1.54, 1.807) is 6.33 Å². The van der Waals surface area contributed by atoms with Gasteiger partial charge < -0.3 is 10.1 Å². The third-order valence-electron chi connectivity index (χ3n) is 2.71. The zero-order chi connectivity index (χ0) is 13.7. The van der Waals surface area contributed by atoms with Crippen LogP contribution in [0, 0.1) is 13.8 Å². The second-order valence-corrected chi connectivity index (χ2v) is 4.96. The molecular formula is C14H16BrN3O. The van der Waals surface area contributed by atoms with E-state index in [9.17, 15) is 0 Å². The molecule has 19 heavy (non-hydrogen) atoms. The topological polar surface area (TPSA) is 47.0 Å². The maximum Gasteiger partial charge on any atom is 0.144 e. The monoisotopic (exact) mass is 321 g/mol. The van der Waals surface area contributed by atoms with Crippen LogP contribution in [0.2, 0.25) is 0 Å². The predicted molar refractivity (Wildman–Crippen MR) is 79.6 cm³/mol. The number of aryl methyl sites for hydroxylation is 2. The van der Waals surface area contributed by atoms with Gasteiger partial charge in [0.25, 0.3) is 0 Å². The van der Waals surface area contributed by atoms with Crippen LogP contribution >= 0.6 is 15.9 Å². The second kappa shape index (κ2) is 6.52. The highest BCUT2D eigenvalue weighted by molar-refractivity contribution is 9.10. The summed E-state index contributed by atoms with van der Waals surface area (Å²) >= 11 is 3.46. The first-order chi connectivity index (χ1) is 9.18. The molecule has 0 bridgehead atoms. The van der Waals surface area contributed by atoms with Crippen LogP contribution < -0.4 is 10.1 Å². The Morgan fingerprint density at radius 1 is 1.21 bits per heavy atom. The highest BCUT2D eigenvalue weighted by Crippen LogP contribution is 2.21.